The Morgan fingerprint density at radius 1 is 1.71 bits per heavy atom. The standard InChI is InChI=1S/C8H13N3O3/c1-13-3-2-9-5-8(12)11-7-4-10-14-6-7/h4,6,9H,2-3,5H2,1H3,(H,11,12). The summed E-state index contributed by atoms with van der Waals surface area (Å²) in [7, 11) is 1.61. The Bertz CT molecular complexity index is 261. The van der Waals surface area contributed by atoms with E-state index in [-0.39, 0.29) is 12.5 Å². The Morgan fingerprint density at radius 3 is 3.21 bits per heavy atom. The molecular formula is C8H13N3O3. The third-order valence-electron chi connectivity index (χ3n) is 1.48. The number of hydrogen-bond donors (Lipinski definition) is 2. The van der Waals surface area contributed by atoms with Crippen LogP contribution in [-0.2, 0) is 9.53 Å². The lowest BCUT2D eigenvalue weighted by Gasteiger charge is -2.03. The highest BCUT2D eigenvalue weighted by molar-refractivity contribution is 5.91. The van der Waals surface area contributed by atoms with Crippen LogP contribution in [0.5, 0.6) is 0 Å². The van der Waals surface area contributed by atoms with Crippen LogP contribution >= 0.6 is 0 Å². The number of nitrogens with one attached hydrogen (secondary N) is 2. The zero-order chi connectivity index (χ0) is 10.2. The second-order valence-electron chi connectivity index (χ2n) is 2.63. The monoisotopic (exact) mass is 199 g/mol. The molecule has 0 spiro atoms. The van der Waals surface area contributed by atoms with Crippen molar-refractivity contribution < 1.29 is 14.1 Å². The first kappa shape index (κ1) is 10.7. The Labute approximate surface area is 81.6 Å². The minimum absolute atomic E-state index is 0.135. The van der Waals surface area contributed by atoms with Crippen molar-refractivity contribution in [2.45, 2.75) is 0 Å². The normalized spacial score (nSPS) is 10.1. The average Bonchev–Trinajstić information content (AvgIpc) is 2.65. The predicted octanol–water partition coefficient (Wildman–Crippen LogP) is -0.151. The third kappa shape index (κ3) is 4.01. The summed E-state index contributed by atoms with van der Waals surface area (Å²) in [4.78, 5) is 11.2. The van der Waals surface area contributed by atoms with Gasteiger partial charge in [0.25, 0.3) is 0 Å². The molecule has 0 aliphatic carbocycles. The Balaban J connectivity index is 2.11. The van der Waals surface area contributed by atoms with E-state index in [1.165, 1.54) is 12.5 Å². The second-order valence-corrected chi connectivity index (χ2v) is 2.63. The van der Waals surface area contributed by atoms with Crippen molar-refractivity contribution in [3.05, 3.63) is 12.5 Å². The average molecular weight is 199 g/mol. The molecule has 0 aliphatic heterocycles. The molecule has 14 heavy (non-hydrogen) atoms. The highest BCUT2D eigenvalue weighted by Gasteiger charge is 2.02. The summed E-state index contributed by atoms with van der Waals surface area (Å²) in [6, 6.07) is 0. The fourth-order valence-electron chi connectivity index (χ4n) is 0.848. The van der Waals surface area contributed by atoms with Crippen LogP contribution in [0.3, 0.4) is 0 Å². The van der Waals surface area contributed by atoms with Gasteiger partial charge in [-0.15, -0.1) is 0 Å². The second kappa shape index (κ2) is 6.11. The van der Waals surface area contributed by atoms with Crippen LogP contribution in [0, 0.1) is 0 Å². The summed E-state index contributed by atoms with van der Waals surface area (Å²) < 4.78 is 9.36. The highest BCUT2D eigenvalue weighted by Crippen LogP contribution is 2.02. The van der Waals surface area contributed by atoms with Gasteiger partial charge in [-0.2, -0.15) is 0 Å². The number of rotatable bonds is 6. The molecule has 0 atom stereocenters. The number of nitrogens with zero attached hydrogens (tertiary/aromatic N) is 1. The molecule has 1 amide bonds. The van der Waals surface area contributed by atoms with E-state index in [2.05, 4.69) is 20.3 Å². The van der Waals surface area contributed by atoms with Crippen LogP contribution in [0.4, 0.5) is 5.69 Å². The summed E-state index contributed by atoms with van der Waals surface area (Å²) in [5.41, 5.74) is 0.559. The number of hydrogen-bond acceptors (Lipinski definition) is 5. The van der Waals surface area contributed by atoms with Gasteiger partial charge in [0.05, 0.1) is 19.3 Å². The van der Waals surface area contributed by atoms with E-state index in [0.717, 1.165) is 0 Å². The van der Waals surface area contributed by atoms with Gasteiger partial charge in [0.15, 0.2) is 0 Å². The van der Waals surface area contributed by atoms with E-state index < -0.39 is 0 Å². The molecule has 0 aromatic carbocycles. The molecule has 2 N–H and O–H groups in total. The quantitative estimate of drug-likeness (QED) is 0.623. The van der Waals surface area contributed by atoms with Gasteiger partial charge in [0.2, 0.25) is 5.91 Å². The number of ether oxygens (including phenoxy) is 1. The number of carbonyl (C=O) groups excluding carboxylic acids is 1. The fourth-order valence-corrected chi connectivity index (χ4v) is 0.848. The predicted molar refractivity (Wildman–Crippen MR) is 49.9 cm³/mol. The molecule has 0 unspecified atom stereocenters. The molecule has 0 saturated heterocycles. The Morgan fingerprint density at radius 2 is 2.57 bits per heavy atom. The molecule has 78 valence electrons. The van der Waals surface area contributed by atoms with Crippen molar-refractivity contribution in [1.29, 1.82) is 0 Å². The molecule has 0 radical (unpaired) electrons. The molecule has 1 aromatic heterocycles. The van der Waals surface area contributed by atoms with Gasteiger partial charge in [-0.05, 0) is 0 Å². The van der Waals surface area contributed by atoms with Crippen LogP contribution in [0.2, 0.25) is 0 Å². The molecule has 1 rings (SSSR count). The molecule has 0 saturated carbocycles. The summed E-state index contributed by atoms with van der Waals surface area (Å²) in [5.74, 6) is -0.135. The van der Waals surface area contributed by atoms with Crippen LogP contribution in [0.25, 0.3) is 0 Å². The molecule has 0 bridgehead atoms. The molecular weight excluding hydrogens is 186 g/mol. The highest BCUT2D eigenvalue weighted by atomic mass is 16.5. The van der Waals surface area contributed by atoms with Gasteiger partial charge in [0, 0.05) is 13.7 Å². The minimum atomic E-state index is -0.135. The van der Waals surface area contributed by atoms with Crippen LogP contribution in [0.1, 0.15) is 0 Å². The van der Waals surface area contributed by atoms with Gasteiger partial charge >= 0.3 is 0 Å². The van der Waals surface area contributed by atoms with Crippen molar-refractivity contribution in [1.82, 2.24) is 10.5 Å². The van der Waals surface area contributed by atoms with Gasteiger partial charge < -0.3 is 19.9 Å². The number of amides is 1. The first-order chi connectivity index (χ1) is 6.83. The number of aromatic nitrogens is 1. The fraction of sp³-hybridized carbons (Fsp3) is 0.500. The van der Waals surface area contributed by atoms with E-state index in [9.17, 15) is 4.79 Å². The van der Waals surface area contributed by atoms with E-state index in [0.29, 0.717) is 18.8 Å². The number of anilines is 1. The van der Waals surface area contributed by atoms with Gasteiger partial charge in [-0.3, -0.25) is 4.79 Å². The van der Waals surface area contributed by atoms with Gasteiger partial charge in [-0.25, -0.2) is 0 Å². The minimum Gasteiger partial charge on any atom is -0.383 e. The molecule has 6 nitrogen and oxygen atoms in total. The zero-order valence-electron chi connectivity index (χ0n) is 7.95. The molecule has 1 heterocycles. The van der Waals surface area contributed by atoms with E-state index in [4.69, 9.17) is 4.74 Å². The van der Waals surface area contributed by atoms with E-state index in [1.807, 2.05) is 0 Å². The lowest BCUT2D eigenvalue weighted by Crippen LogP contribution is -2.30. The summed E-state index contributed by atoms with van der Waals surface area (Å²) in [6.07, 6.45) is 2.81. The zero-order valence-corrected chi connectivity index (χ0v) is 7.95. The molecule has 6 heteroatoms. The third-order valence-corrected chi connectivity index (χ3v) is 1.48. The number of methoxy groups -OCH3 is 1. The first-order valence-electron chi connectivity index (χ1n) is 4.22. The summed E-state index contributed by atoms with van der Waals surface area (Å²) in [5, 5.41) is 8.97. The van der Waals surface area contributed by atoms with Crippen LogP contribution in [0.15, 0.2) is 17.0 Å². The van der Waals surface area contributed by atoms with Crippen molar-refractivity contribution in [3.8, 4) is 0 Å². The molecule has 0 fully saturated rings. The summed E-state index contributed by atoms with van der Waals surface area (Å²) in [6.45, 7) is 1.47. The number of carbonyl (C=O) groups is 1. The van der Waals surface area contributed by atoms with Gasteiger partial charge in [-0.1, -0.05) is 5.16 Å². The van der Waals surface area contributed by atoms with Crippen molar-refractivity contribution in [2.24, 2.45) is 0 Å². The van der Waals surface area contributed by atoms with Crippen LogP contribution in [-0.4, -0.2) is 37.9 Å². The summed E-state index contributed by atoms with van der Waals surface area (Å²) >= 11 is 0. The maximum absolute atomic E-state index is 11.2. The van der Waals surface area contributed by atoms with E-state index in [1.54, 1.807) is 7.11 Å². The van der Waals surface area contributed by atoms with Crippen molar-refractivity contribution >= 4 is 11.6 Å². The SMILES string of the molecule is COCCNCC(=O)Nc1cnoc1. The largest absolute Gasteiger partial charge is 0.383 e. The van der Waals surface area contributed by atoms with Gasteiger partial charge in [0.1, 0.15) is 12.0 Å². The topological polar surface area (TPSA) is 76.4 Å². The smallest absolute Gasteiger partial charge is 0.238 e. The maximum atomic E-state index is 11.2. The molecule has 0 aliphatic rings. The Hall–Kier alpha value is -1.40. The molecule has 1 aromatic rings. The maximum Gasteiger partial charge on any atom is 0.238 e. The lowest BCUT2D eigenvalue weighted by molar-refractivity contribution is -0.115. The first-order valence-corrected chi connectivity index (χ1v) is 4.22. The Kier molecular flexibility index (Phi) is 4.66. The van der Waals surface area contributed by atoms with Crippen LogP contribution < -0.4 is 10.6 Å². The van der Waals surface area contributed by atoms with E-state index >= 15 is 0 Å². The lowest BCUT2D eigenvalue weighted by atomic mass is 10.5. The van der Waals surface area contributed by atoms with Crippen molar-refractivity contribution in [3.63, 3.8) is 0 Å². The van der Waals surface area contributed by atoms with Crippen molar-refractivity contribution in [2.75, 3.05) is 32.1 Å².